The van der Waals surface area contributed by atoms with Gasteiger partial charge in [-0.3, -0.25) is 14.9 Å². The maximum atomic E-state index is 12.5. The number of carbonyl (C=O) groups is 3. The minimum Gasteiger partial charge on any atom is -0.462 e. The SMILES string of the molecule is CCOC(=O)c1c(NC(=O)C[NH+](C)Cc2ccc(CC)cc2)oc(C)c1C(C)=O. The molecule has 0 aliphatic rings. The third-order valence-corrected chi connectivity index (χ3v) is 4.57. The van der Waals surface area contributed by atoms with Crippen molar-refractivity contribution in [3.63, 3.8) is 0 Å². The first kappa shape index (κ1) is 22.4. The molecule has 156 valence electrons. The Balaban J connectivity index is 2.10. The van der Waals surface area contributed by atoms with Crippen LogP contribution in [-0.4, -0.2) is 37.9 Å². The molecule has 1 unspecified atom stereocenters. The molecule has 7 nitrogen and oxygen atoms in total. The highest BCUT2D eigenvalue weighted by atomic mass is 16.5. The number of ether oxygens (including phenoxy) is 1. The maximum absolute atomic E-state index is 12.5. The van der Waals surface area contributed by atoms with Gasteiger partial charge in [0.15, 0.2) is 12.3 Å². The Morgan fingerprint density at radius 1 is 1.07 bits per heavy atom. The zero-order valence-corrected chi connectivity index (χ0v) is 17.7. The summed E-state index contributed by atoms with van der Waals surface area (Å²) in [6.07, 6.45) is 0.985. The van der Waals surface area contributed by atoms with E-state index in [0.29, 0.717) is 6.54 Å². The number of Topliss-reactive ketones (excluding diaryl/α,β-unsaturated/α-hetero) is 1. The fraction of sp³-hybridized carbons (Fsp3) is 0.409. The summed E-state index contributed by atoms with van der Waals surface area (Å²) in [5, 5.41) is 2.62. The van der Waals surface area contributed by atoms with Crippen molar-refractivity contribution in [1.29, 1.82) is 0 Å². The molecule has 29 heavy (non-hydrogen) atoms. The lowest BCUT2D eigenvalue weighted by molar-refractivity contribution is -0.885. The first-order valence-corrected chi connectivity index (χ1v) is 9.77. The van der Waals surface area contributed by atoms with Crippen molar-refractivity contribution >= 4 is 23.5 Å². The first-order chi connectivity index (χ1) is 13.8. The minimum absolute atomic E-state index is 0.0296. The molecule has 0 saturated heterocycles. The average molecular weight is 401 g/mol. The summed E-state index contributed by atoms with van der Waals surface area (Å²) in [7, 11) is 1.91. The number of rotatable bonds is 9. The van der Waals surface area contributed by atoms with Gasteiger partial charge in [0.2, 0.25) is 5.88 Å². The molecule has 1 aromatic carbocycles. The molecular weight excluding hydrogens is 372 g/mol. The van der Waals surface area contributed by atoms with Gasteiger partial charge >= 0.3 is 5.97 Å². The monoisotopic (exact) mass is 401 g/mol. The molecule has 0 aliphatic carbocycles. The number of benzene rings is 1. The van der Waals surface area contributed by atoms with Crippen LogP contribution >= 0.6 is 0 Å². The molecule has 1 aromatic heterocycles. The molecule has 0 radical (unpaired) electrons. The molecule has 1 heterocycles. The van der Waals surface area contributed by atoms with Gasteiger partial charge in [-0.05, 0) is 32.8 Å². The zero-order valence-electron chi connectivity index (χ0n) is 17.7. The fourth-order valence-electron chi connectivity index (χ4n) is 3.20. The lowest BCUT2D eigenvalue weighted by Crippen LogP contribution is -3.08. The van der Waals surface area contributed by atoms with Crippen molar-refractivity contribution in [3.05, 3.63) is 52.3 Å². The van der Waals surface area contributed by atoms with Gasteiger partial charge in [-0.15, -0.1) is 0 Å². The van der Waals surface area contributed by atoms with E-state index in [-0.39, 0.29) is 47.6 Å². The number of ketones is 1. The van der Waals surface area contributed by atoms with Crippen LogP contribution in [0, 0.1) is 6.92 Å². The number of esters is 1. The van der Waals surface area contributed by atoms with Gasteiger partial charge in [0.1, 0.15) is 17.9 Å². The number of hydrogen-bond acceptors (Lipinski definition) is 5. The summed E-state index contributed by atoms with van der Waals surface area (Å²) in [5.41, 5.74) is 2.51. The Bertz CT molecular complexity index is 883. The highest BCUT2D eigenvalue weighted by Gasteiger charge is 2.29. The van der Waals surface area contributed by atoms with Crippen LogP contribution in [0.25, 0.3) is 0 Å². The standard InChI is InChI=1S/C22H28N2O5/c1-6-16-8-10-17(11-9-16)12-24(5)13-18(26)23-21-20(22(27)28-7-2)19(14(3)25)15(4)29-21/h8-11H,6-7,12-13H2,1-5H3,(H,23,26)/p+1. The number of furan rings is 1. The van der Waals surface area contributed by atoms with Crippen LogP contribution in [0.4, 0.5) is 5.88 Å². The van der Waals surface area contributed by atoms with Crippen LogP contribution in [-0.2, 0) is 22.5 Å². The van der Waals surface area contributed by atoms with Gasteiger partial charge in [0.05, 0.1) is 19.2 Å². The molecule has 1 amide bonds. The van der Waals surface area contributed by atoms with Gasteiger partial charge in [-0.2, -0.15) is 0 Å². The molecule has 2 N–H and O–H groups in total. The van der Waals surface area contributed by atoms with E-state index < -0.39 is 5.97 Å². The van der Waals surface area contributed by atoms with Crippen LogP contribution in [0.3, 0.4) is 0 Å². The molecule has 1 atom stereocenters. The number of likely N-dealkylation sites (N-methyl/N-ethyl adjacent to an activating group) is 1. The Morgan fingerprint density at radius 2 is 1.69 bits per heavy atom. The minimum atomic E-state index is -0.693. The van der Waals surface area contributed by atoms with Gasteiger partial charge < -0.3 is 14.1 Å². The van der Waals surface area contributed by atoms with Crippen LogP contribution in [0.2, 0.25) is 0 Å². The number of nitrogens with one attached hydrogen (secondary N) is 2. The quantitative estimate of drug-likeness (QED) is 0.497. The molecule has 0 fully saturated rings. The maximum Gasteiger partial charge on any atom is 0.344 e. The Labute approximate surface area is 171 Å². The van der Waals surface area contributed by atoms with Crippen molar-refractivity contribution in [1.82, 2.24) is 0 Å². The Morgan fingerprint density at radius 3 is 2.24 bits per heavy atom. The third kappa shape index (κ3) is 5.77. The van der Waals surface area contributed by atoms with E-state index >= 15 is 0 Å². The molecule has 0 aliphatic heterocycles. The van der Waals surface area contributed by atoms with Crippen LogP contribution in [0.15, 0.2) is 28.7 Å². The number of amides is 1. The predicted octanol–water partition coefficient (Wildman–Crippen LogP) is 2.18. The molecule has 0 bridgehead atoms. The van der Waals surface area contributed by atoms with E-state index in [1.807, 2.05) is 7.05 Å². The van der Waals surface area contributed by atoms with Gasteiger partial charge in [-0.25, -0.2) is 4.79 Å². The number of carbonyl (C=O) groups excluding carboxylic acids is 3. The summed E-state index contributed by atoms with van der Waals surface area (Å²) in [6, 6.07) is 8.30. The van der Waals surface area contributed by atoms with Crippen molar-refractivity contribution in [3.8, 4) is 0 Å². The third-order valence-electron chi connectivity index (χ3n) is 4.57. The summed E-state index contributed by atoms with van der Waals surface area (Å²) < 4.78 is 10.5. The zero-order chi connectivity index (χ0) is 21.6. The van der Waals surface area contributed by atoms with E-state index in [1.165, 1.54) is 12.5 Å². The number of anilines is 1. The summed E-state index contributed by atoms with van der Waals surface area (Å²) in [4.78, 5) is 37.7. The average Bonchev–Trinajstić information content (AvgIpc) is 2.98. The molecule has 0 spiro atoms. The van der Waals surface area contributed by atoms with Crippen LogP contribution in [0.1, 0.15) is 58.4 Å². The number of quaternary nitrogens is 1. The highest BCUT2D eigenvalue weighted by molar-refractivity contribution is 6.10. The fourth-order valence-corrected chi connectivity index (χ4v) is 3.20. The largest absolute Gasteiger partial charge is 0.462 e. The van der Waals surface area contributed by atoms with Gasteiger partial charge in [-0.1, -0.05) is 31.2 Å². The van der Waals surface area contributed by atoms with Crippen LogP contribution in [0.5, 0.6) is 0 Å². The molecule has 2 rings (SSSR count). The smallest absolute Gasteiger partial charge is 0.344 e. The summed E-state index contributed by atoms with van der Waals surface area (Å²) in [5.74, 6) is -1.11. The Kier molecular flexibility index (Phi) is 7.73. The van der Waals surface area contributed by atoms with E-state index in [1.54, 1.807) is 13.8 Å². The van der Waals surface area contributed by atoms with E-state index in [0.717, 1.165) is 16.9 Å². The van der Waals surface area contributed by atoms with Crippen molar-refractivity contribution in [2.75, 3.05) is 25.5 Å². The molecule has 0 saturated carbocycles. The first-order valence-electron chi connectivity index (χ1n) is 9.77. The number of hydrogen-bond donors (Lipinski definition) is 2. The summed E-state index contributed by atoms with van der Waals surface area (Å²) >= 11 is 0. The lowest BCUT2D eigenvalue weighted by atomic mass is 10.1. The predicted molar refractivity (Wildman–Crippen MR) is 109 cm³/mol. The van der Waals surface area contributed by atoms with Gasteiger partial charge in [0.25, 0.3) is 5.91 Å². The van der Waals surface area contributed by atoms with Crippen LogP contribution < -0.4 is 10.2 Å². The molecule has 7 heteroatoms. The topological polar surface area (TPSA) is 90.0 Å². The normalized spacial score (nSPS) is 11.8. The van der Waals surface area contributed by atoms with Crippen molar-refractivity contribution in [2.45, 2.75) is 40.7 Å². The van der Waals surface area contributed by atoms with Gasteiger partial charge in [0, 0.05) is 5.56 Å². The van der Waals surface area contributed by atoms with E-state index in [4.69, 9.17) is 9.15 Å². The molecule has 2 aromatic rings. The highest BCUT2D eigenvalue weighted by Crippen LogP contribution is 2.28. The van der Waals surface area contributed by atoms with E-state index in [2.05, 4.69) is 36.5 Å². The number of aryl methyl sites for hydroxylation is 2. The lowest BCUT2D eigenvalue weighted by Gasteiger charge is -2.14. The second-order valence-electron chi connectivity index (χ2n) is 7.04. The van der Waals surface area contributed by atoms with Crippen molar-refractivity contribution < 1.29 is 28.4 Å². The van der Waals surface area contributed by atoms with Crippen molar-refractivity contribution in [2.24, 2.45) is 0 Å². The molecular formula is C22H29N2O5+. The Hall–Kier alpha value is -2.93. The summed E-state index contributed by atoms with van der Waals surface area (Å²) in [6.45, 7) is 7.69. The van der Waals surface area contributed by atoms with E-state index in [9.17, 15) is 14.4 Å². The second-order valence-corrected chi connectivity index (χ2v) is 7.04. The second kappa shape index (κ2) is 10.0.